The van der Waals surface area contributed by atoms with E-state index in [2.05, 4.69) is 67.3 Å². The average molecular weight is 385 g/mol. The molecule has 2 heterocycles. The van der Waals surface area contributed by atoms with Gasteiger partial charge in [-0.2, -0.15) is 0 Å². The summed E-state index contributed by atoms with van der Waals surface area (Å²) in [5.41, 5.74) is 4.99. The van der Waals surface area contributed by atoms with E-state index < -0.39 is 0 Å². The summed E-state index contributed by atoms with van der Waals surface area (Å²) in [5.74, 6) is 0. The second-order valence-corrected chi connectivity index (χ2v) is 8.89. The zero-order valence-corrected chi connectivity index (χ0v) is 17.0. The first-order chi connectivity index (χ1) is 12.6. The summed E-state index contributed by atoms with van der Waals surface area (Å²) >= 11 is 8.60. The van der Waals surface area contributed by atoms with Crippen LogP contribution < -0.4 is 0 Å². The number of halogens is 1. The molecule has 3 aromatic rings. The number of hydrogen-bond donors (Lipinski definition) is 0. The van der Waals surface area contributed by atoms with Crippen molar-refractivity contribution < 1.29 is 0 Å². The van der Waals surface area contributed by atoms with Gasteiger partial charge in [0.25, 0.3) is 0 Å². The Labute approximate surface area is 165 Å². The maximum Gasteiger partial charge on any atom is 0.0691 e. The van der Waals surface area contributed by atoms with Gasteiger partial charge in [0, 0.05) is 39.5 Å². The van der Waals surface area contributed by atoms with E-state index in [9.17, 15) is 0 Å². The van der Waals surface area contributed by atoms with E-state index >= 15 is 0 Å². The summed E-state index contributed by atoms with van der Waals surface area (Å²) in [4.78, 5) is 3.94. The van der Waals surface area contributed by atoms with Crippen LogP contribution in [0.4, 0.5) is 0 Å². The topological polar surface area (TPSA) is 8.17 Å². The van der Waals surface area contributed by atoms with E-state index in [-0.39, 0.29) is 0 Å². The van der Waals surface area contributed by atoms with Crippen molar-refractivity contribution in [2.24, 2.45) is 0 Å². The van der Waals surface area contributed by atoms with E-state index in [0.717, 1.165) is 12.1 Å². The van der Waals surface area contributed by atoms with Crippen LogP contribution in [0.5, 0.6) is 0 Å². The third-order valence-corrected chi connectivity index (χ3v) is 7.35. The van der Waals surface area contributed by atoms with Crippen molar-refractivity contribution in [1.82, 2.24) is 8.99 Å². The zero-order chi connectivity index (χ0) is 18.1. The number of aryl methyl sites for hydroxylation is 1. The van der Waals surface area contributed by atoms with Gasteiger partial charge in [-0.25, -0.2) is 0 Å². The Bertz CT molecular complexity index is 895. The first-order valence-corrected chi connectivity index (χ1v) is 10.5. The highest BCUT2D eigenvalue weighted by molar-refractivity contribution is 8.00. The molecule has 0 saturated carbocycles. The van der Waals surface area contributed by atoms with Crippen molar-refractivity contribution in [2.75, 3.05) is 13.1 Å². The second kappa shape index (κ2) is 7.67. The van der Waals surface area contributed by atoms with Crippen LogP contribution in [-0.2, 0) is 6.54 Å². The lowest BCUT2D eigenvalue weighted by Crippen LogP contribution is -2.34. The Morgan fingerprint density at radius 1 is 1.00 bits per heavy atom. The number of thioether (sulfide) groups is 1. The van der Waals surface area contributed by atoms with Crippen molar-refractivity contribution in [3.63, 3.8) is 0 Å². The van der Waals surface area contributed by atoms with E-state index in [1.165, 1.54) is 53.0 Å². The van der Waals surface area contributed by atoms with Gasteiger partial charge in [-0.05, 0) is 50.9 Å². The third kappa shape index (κ3) is 3.53. The van der Waals surface area contributed by atoms with Gasteiger partial charge in [0.2, 0.25) is 0 Å². The number of nitrogens with zero attached hydrogens (tertiary/aromatic N) is 2. The van der Waals surface area contributed by atoms with E-state index in [1.54, 1.807) is 0 Å². The standard InChI is InChI=1S/C22H25ClN2S/c1-16-7-6-10-20-21(16)25(23)17(2)22(20)26-19-11-13-24(14-12-19)15-18-8-4-3-5-9-18/h3-10,19H,11-15H2,1-2H3. The molecule has 0 atom stereocenters. The molecule has 1 fully saturated rings. The van der Waals surface area contributed by atoms with Crippen LogP contribution in [-0.4, -0.2) is 27.3 Å². The van der Waals surface area contributed by atoms with Crippen LogP contribution in [0.1, 0.15) is 29.7 Å². The van der Waals surface area contributed by atoms with Gasteiger partial charge < -0.3 is 0 Å². The van der Waals surface area contributed by atoms with Crippen LogP contribution >= 0.6 is 23.5 Å². The molecule has 4 rings (SSSR count). The Morgan fingerprint density at radius 2 is 1.73 bits per heavy atom. The van der Waals surface area contributed by atoms with Crippen molar-refractivity contribution in [1.29, 1.82) is 0 Å². The quantitative estimate of drug-likeness (QED) is 0.543. The third-order valence-electron chi connectivity index (χ3n) is 5.37. The highest BCUT2D eigenvalue weighted by Gasteiger charge is 2.23. The molecule has 1 aromatic heterocycles. The molecular weight excluding hydrogens is 360 g/mol. The van der Waals surface area contributed by atoms with Crippen LogP contribution in [0.25, 0.3) is 10.9 Å². The molecule has 0 radical (unpaired) electrons. The van der Waals surface area contributed by atoms with Crippen molar-refractivity contribution >= 4 is 34.4 Å². The normalized spacial score (nSPS) is 16.4. The second-order valence-electron chi connectivity index (χ2n) is 7.25. The fourth-order valence-electron chi connectivity index (χ4n) is 3.90. The van der Waals surface area contributed by atoms with Crippen LogP contribution in [0.3, 0.4) is 0 Å². The maximum absolute atomic E-state index is 6.58. The van der Waals surface area contributed by atoms with Gasteiger partial charge >= 0.3 is 0 Å². The van der Waals surface area contributed by atoms with Gasteiger partial charge in [-0.3, -0.25) is 8.99 Å². The molecule has 1 aliphatic rings. The summed E-state index contributed by atoms with van der Waals surface area (Å²) < 4.78 is 1.84. The van der Waals surface area contributed by atoms with Gasteiger partial charge in [-0.15, -0.1) is 11.8 Å². The van der Waals surface area contributed by atoms with E-state index in [4.69, 9.17) is 11.8 Å². The predicted octanol–water partition coefficient (Wildman–Crippen LogP) is 6.02. The van der Waals surface area contributed by atoms with Crippen molar-refractivity contribution in [2.45, 2.75) is 43.4 Å². The van der Waals surface area contributed by atoms with Crippen LogP contribution in [0.2, 0.25) is 0 Å². The van der Waals surface area contributed by atoms with Gasteiger partial charge in [0.1, 0.15) is 0 Å². The number of para-hydroxylation sites is 1. The average Bonchev–Trinajstić information content (AvgIpc) is 2.90. The molecule has 0 aliphatic carbocycles. The number of aromatic nitrogens is 1. The van der Waals surface area contributed by atoms with Gasteiger partial charge in [0.15, 0.2) is 0 Å². The monoisotopic (exact) mass is 384 g/mol. The molecule has 0 unspecified atom stereocenters. The van der Waals surface area contributed by atoms with Gasteiger partial charge in [-0.1, -0.05) is 48.5 Å². The van der Waals surface area contributed by atoms with Crippen LogP contribution in [0, 0.1) is 13.8 Å². The molecule has 26 heavy (non-hydrogen) atoms. The minimum atomic E-state index is 0.670. The van der Waals surface area contributed by atoms with Crippen LogP contribution in [0.15, 0.2) is 53.4 Å². The number of hydrogen-bond acceptors (Lipinski definition) is 2. The molecule has 0 spiro atoms. The molecule has 1 aliphatic heterocycles. The molecule has 2 aromatic carbocycles. The minimum Gasteiger partial charge on any atom is -0.299 e. The molecule has 0 amide bonds. The molecule has 1 saturated heterocycles. The largest absolute Gasteiger partial charge is 0.299 e. The smallest absolute Gasteiger partial charge is 0.0691 e. The Hall–Kier alpha value is -1.42. The summed E-state index contributed by atoms with van der Waals surface area (Å²) in [5, 5.41) is 1.97. The predicted molar refractivity (Wildman–Crippen MR) is 113 cm³/mol. The Morgan fingerprint density at radius 3 is 2.46 bits per heavy atom. The number of rotatable bonds is 4. The summed E-state index contributed by atoms with van der Waals surface area (Å²) in [6, 6.07) is 17.3. The molecule has 4 heteroatoms. The number of piperidine rings is 1. The SMILES string of the molecule is Cc1cccc2c(SC3CCN(Cc4ccccc4)CC3)c(C)n(Cl)c12. The van der Waals surface area contributed by atoms with E-state index in [0.29, 0.717) is 5.25 Å². The molecular formula is C22H25ClN2S. The highest BCUT2D eigenvalue weighted by Crippen LogP contribution is 2.40. The Kier molecular flexibility index (Phi) is 5.30. The number of likely N-dealkylation sites (tertiary alicyclic amines) is 1. The highest BCUT2D eigenvalue weighted by atomic mass is 35.5. The van der Waals surface area contributed by atoms with Gasteiger partial charge in [0.05, 0.1) is 5.52 Å². The zero-order valence-electron chi connectivity index (χ0n) is 15.4. The fourth-order valence-corrected chi connectivity index (χ4v) is 5.59. The summed E-state index contributed by atoms with van der Waals surface area (Å²) in [6.07, 6.45) is 2.47. The lowest BCUT2D eigenvalue weighted by Gasteiger charge is -2.31. The Balaban J connectivity index is 1.44. The first-order valence-electron chi connectivity index (χ1n) is 9.33. The van der Waals surface area contributed by atoms with Crippen molar-refractivity contribution in [3.8, 4) is 0 Å². The first kappa shape index (κ1) is 18.0. The molecule has 0 N–H and O–H groups in total. The van der Waals surface area contributed by atoms with Crippen molar-refractivity contribution in [3.05, 3.63) is 65.4 Å². The maximum atomic E-state index is 6.58. The summed E-state index contributed by atoms with van der Waals surface area (Å²) in [6.45, 7) is 7.68. The molecule has 136 valence electrons. The minimum absolute atomic E-state index is 0.670. The molecule has 2 nitrogen and oxygen atoms in total. The lowest BCUT2D eigenvalue weighted by atomic mass is 10.1. The summed E-state index contributed by atoms with van der Waals surface area (Å²) in [7, 11) is 0. The lowest BCUT2D eigenvalue weighted by molar-refractivity contribution is 0.225. The van der Waals surface area contributed by atoms with E-state index in [1.807, 2.05) is 15.8 Å². The fraction of sp³-hybridized carbons (Fsp3) is 0.364. The molecule has 0 bridgehead atoms. The number of fused-ring (bicyclic) bond motifs is 1. The number of benzene rings is 2.